The molecule has 9 heteroatoms. The Morgan fingerprint density at radius 1 is 0.972 bits per heavy atom. The first-order valence-electron chi connectivity index (χ1n) is 12.2. The number of thioether (sulfide) groups is 1. The molecule has 1 aliphatic rings. The van der Waals surface area contributed by atoms with Gasteiger partial charge in [-0.15, -0.1) is 0 Å². The Morgan fingerprint density at radius 2 is 1.75 bits per heavy atom. The van der Waals surface area contributed by atoms with E-state index in [1.54, 1.807) is 11.8 Å². The minimum Gasteiger partial charge on any atom is -0.481 e. The van der Waals surface area contributed by atoms with E-state index in [0.717, 1.165) is 51.5 Å². The number of benzene rings is 2. The molecule has 3 aromatic rings. The molecule has 36 heavy (non-hydrogen) atoms. The Labute approximate surface area is 216 Å². The second-order valence-corrected chi connectivity index (χ2v) is 11.5. The number of aryl methyl sites for hydroxylation is 1. The third-order valence-electron chi connectivity index (χ3n) is 6.20. The fourth-order valence-corrected chi connectivity index (χ4v) is 6.15. The monoisotopic (exact) mass is 527 g/mol. The van der Waals surface area contributed by atoms with Crippen LogP contribution in [0.5, 0.6) is 0 Å². The first kappa shape index (κ1) is 26.2. The Balaban J connectivity index is 1.56. The Bertz CT molecular complexity index is 1370. The van der Waals surface area contributed by atoms with Crippen LogP contribution in [0.15, 0.2) is 70.7 Å². The molecule has 2 heterocycles. The number of carboxylic acid groups (broad SMARTS) is 1. The fraction of sp³-hybridized carbons (Fsp3) is 0.333. The van der Waals surface area contributed by atoms with Gasteiger partial charge in [0.25, 0.3) is 10.1 Å². The molecule has 0 radical (unpaired) electrons. The van der Waals surface area contributed by atoms with E-state index >= 15 is 0 Å². The van der Waals surface area contributed by atoms with Crippen molar-refractivity contribution < 1.29 is 27.4 Å². The van der Waals surface area contributed by atoms with Gasteiger partial charge in [0, 0.05) is 36.4 Å². The predicted octanol–water partition coefficient (Wildman–Crippen LogP) is 5.35. The standard InChI is InChI=1S/C27H30N2O5S2/c30-27(31)14-2-1-7-16-28-18-15-21(22-10-3-4-11-23(22)28)20-26-29(17-8-9-19-36(32,33)34)24-12-5-6-13-25(24)35-26/h3-6,10-13,15,18,20H,1-2,7-9,14,16-17,19H2,(H-,30,31,32,33,34)/p+1. The molecule has 7 nitrogen and oxygen atoms in total. The van der Waals surface area contributed by atoms with E-state index in [1.807, 2.05) is 24.3 Å². The van der Waals surface area contributed by atoms with Gasteiger partial charge in [-0.05, 0) is 55.5 Å². The summed E-state index contributed by atoms with van der Waals surface area (Å²) in [5.41, 5.74) is 3.34. The quantitative estimate of drug-likeness (QED) is 0.186. The number of hydrogen-bond donors (Lipinski definition) is 2. The molecule has 0 saturated heterocycles. The van der Waals surface area contributed by atoms with Gasteiger partial charge in [0.05, 0.1) is 21.9 Å². The summed E-state index contributed by atoms with van der Waals surface area (Å²) in [5, 5.41) is 11.1. The minimum absolute atomic E-state index is 0.213. The van der Waals surface area contributed by atoms with Gasteiger partial charge in [0.1, 0.15) is 6.54 Å². The summed E-state index contributed by atoms with van der Waals surface area (Å²) in [4.78, 5) is 14.1. The summed E-state index contributed by atoms with van der Waals surface area (Å²) in [7, 11) is -3.95. The summed E-state index contributed by atoms with van der Waals surface area (Å²) in [6.07, 6.45) is 8.02. The fourth-order valence-electron chi connectivity index (χ4n) is 4.44. The number of unbranched alkanes of at least 4 members (excludes halogenated alkanes) is 3. The number of anilines is 1. The smallest absolute Gasteiger partial charge is 0.303 e. The molecule has 0 unspecified atom stereocenters. The maximum atomic E-state index is 11.1. The van der Waals surface area contributed by atoms with Crippen molar-refractivity contribution in [2.75, 3.05) is 17.2 Å². The van der Waals surface area contributed by atoms with E-state index in [4.69, 9.17) is 9.66 Å². The Hall–Kier alpha value is -2.88. The molecule has 2 aromatic carbocycles. The SMILES string of the molecule is O=C(O)CCCCC[n+]1ccc(C=C2Sc3ccccc3N2CCCCS(=O)(=O)O)c2ccccc21. The minimum atomic E-state index is -3.95. The summed E-state index contributed by atoms with van der Waals surface area (Å²) >= 11 is 1.70. The van der Waals surface area contributed by atoms with Crippen LogP contribution < -0.4 is 9.47 Å². The van der Waals surface area contributed by atoms with Crippen LogP contribution in [0.3, 0.4) is 0 Å². The molecule has 0 atom stereocenters. The van der Waals surface area contributed by atoms with Crippen molar-refractivity contribution in [3.63, 3.8) is 0 Å². The number of aliphatic carboxylic acids is 1. The lowest BCUT2D eigenvalue weighted by Gasteiger charge is -2.20. The molecular formula is C27H31N2O5S2+. The molecule has 4 rings (SSSR count). The number of nitrogens with zero attached hydrogens (tertiary/aromatic N) is 2. The zero-order valence-electron chi connectivity index (χ0n) is 20.0. The summed E-state index contributed by atoms with van der Waals surface area (Å²) in [6.45, 7) is 1.49. The summed E-state index contributed by atoms with van der Waals surface area (Å²) in [6, 6.07) is 18.6. The molecule has 2 N–H and O–H groups in total. The van der Waals surface area contributed by atoms with Gasteiger partial charge in [-0.1, -0.05) is 36.0 Å². The van der Waals surface area contributed by atoms with Crippen LogP contribution in [0.4, 0.5) is 5.69 Å². The molecule has 0 saturated carbocycles. The van der Waals surface area contributed by atoms with Crippen LogP contribution >= 0.6 is 11.8 Å². The van der Waals surface area contributed by atoms with Crippen LogP contribution in [0, 0.1) is 0 Å². The van der Waals surface area contributed by atoms with Crippen LogP contribution in [0.1, 0.15) is 44.1 Å². The Kier molecular flexibility index (Phi) is 8.66. The molecule has 1 aromatic heterocycles. The second-order valence-electron chi connectivity index (χ2n) is 8.88. The van der Waals surface area contributed by atoms with Gasteiger partial charge in [0.2, 0.25) is 5.52 Å². The second kappa shape index (κ2) is 11.9. The summed E-state index contributed by atoms with van der Waals surface area (Å²) < 4.78 is 33.5. The average molecular weight is 528 g/mol. The number of para-hydroxylation sites is 2. The number of aromatic nitrogens is 1. The zero-order valence-corrected chi connectivity index (χ0v) is 21.7. The first-order chi connectivity index (χ1) is 17.3. The van der Waals surface area contributed by atoms with Gasteiger partial charge in [-0.2, -0.15) is 13.0 Å². The van der Waals surface area contributed by atoms with Crippen molar-refractivity contribution in [1.82, 2.24) is 0 Å². The number of carbonyl (C=O) groups is 1. The lowest BCUT2D eigenvalue weighted by molar-refractivity contribution is -0.671. The maximum absolute atomic E-state index is 11.1. The summed E-state index contributed by atoms with van der Waals surface area (Å²) in [5.74, 6) is -0.973. The van der Waals surface area contributed by atoms with Crippen LogP contribution in [0.2, 0.25) is 0 Å². The largest absolute Gasteiger partial charge is 0.481 e. The highest BCUT2D eigenvalue weighted by molar-refractivity contribution is 8.03. The number of fused-ring (bicyclic) bond motifs is 2. The third-order valence-corrected chi connectivity index (χ3v) is 8.11. The van der Waals surface area contributed by atoms with Gasteiger partial charge in [-0.3, -0.25) is 9.35 Å². The van der Waals surface area contributed by atoms with Gasteiger partial charge in [-0.25, -0.2) is 0 Å². The van der Waals surface area contributed by atoms with Crippen molar-refractivity contribution in [2.45, 2.75) is 50.0 Å². The molecule has 0 aliphatic carbocycles. The first-order valence-corrected chi connectivity index (χ1v) is 14.6. The van der Waals surface area contributed by atoms with E-state index in [9.17, 15) is 13.2 Å². The van der Waals surface area contributed by atoms with E-state index in [0.29, 0.717) is 25.8 Å². The van der Waals surface area contributed by atoms with Crippen molar-refractivity contribution in [1.29, 1.82) is 0 Å². The third kappa shape index (κ3) is 6.87. The van der Waals surface area contributed by atoms with E-state index < -0.39 is 16.1 Å². The number of carboxylic acids is 1. The van der Waals surface area contributed by atoms with Gasteiger partial charge < -0.3 is 10.0 Å². The number of rotatable bonds is 12. The van der Waals surface area contributed by atoms with E-state index in [1.165, 1.54) is 0 Å². The van der Waals surface area contributed by atoms with E-state index in [2.05, 4.69) is 52.1 Å². The van der Waals surface area contributed by atoms with Crippen molar-refractivity contribution in [3.8, 4) is 0 Å². The average Bonchev–Trinajstić information content (AvgIpc) is 3.19. The van der Waals surface area contributed by atoms with Crippen LogP contribution in [0.25, 0.3) is 17.0 Å². The van der Waals surface area contributed by atoms with Gasteiger partial charge >= 0.3 is 5.97 Å². The number of pyridine rings is 1. The van der Waals surface area contributed by atoms with Crippen molar-refractivity contribution >= 4 is 50.5 Å². The van der Waals surface area contributed by atoms with Crippen LogP contribution in [-0.2, 0) is 21.5 Å². The number of hydrogen-bond acceptors (Lipinski definition) is 5. The van der Waals surface area contributed by atoms with E-state index in [-0.39, 0.29) is 12.2 Å². The lowest BCUT2D eigenvalue weighted by atomic mass is 10.1. The highest BCUT2D eigenvalue weighted by Gasteiger charge is 2.25. The zero-order chi connectivity index (χ0) is 25.5. The van der Waals surface area contributed by atoms with Crippen LogP contribution in [-0.4, -0.2) is 36.3 Å². The molecule has 190 valence electrons. The normalized spacial score (nSPS) is 14.5. The highest BCUT2D eigenvalue weighted by atomic mass is 32.2. The molecular weight excluding hydrogens is 496 g/mol. The lowest BCUT2D eigenvalue weighted by Crippen LogP contribution is -2.34. The highest BCUT2D eigenvalue weighted by Crippen LogP contribution is 2.46. The topological polar surface area (TPSA) is 98.8 Å². The maximum Gasteiger partial charge on any atom is 0.303 e. The van der Waals surface area contributed by atoms with Crippen molar-refractivity contribution in [3.05, 3.63) is 71.4 Å². The molecule has 0 amide bonds. The van der Waals surface area contributed by atoms with Gasteiger partial charge in [0.15, 0.2) is 6.20 Å². The molecule has 0 spiro atoms. The molecule has 0 fully saturated rings. The Morgan fingerprint density at radius 3 is 2.56 bits per heavy atom. The predicted molar refractivity (Wildman–Crippen MR) is 144 cm³/mol. The molecule has 0 bridgehead atoms. The molecule has 1 aliphatic heterocycles. The van der Waals surface area contributed by atoms with Crippen molar-refractivity contribution in [2.24, 2.45) is 0 Å².